The number of para-hydroxylation sites is 1. The van der Waals surface area contributed by atoms with Crippen molar-refractivity contribution in [2.75, 3.05) is 5.32 Å². The van der Waals surface area contributed by atoms with Gasteiger partial charge in [-0.3, -0.25) is 9.59 Å². The second kappa shape index (κ2) is 6.63. The fourth-order valence-electron chi connectivity index (χ4n) is 3.19. The first-order valence-electron chi connectivity index (χ1n) is 8.62. The number of nitrogens with zero attached hydrogens (tertiary/aromatic N) is 1. The van der Waals surface area contributed by atoms with E-state index in [9.17, 15) is 14.0 Å². The van der Waals surface area contributed by atoms with E-state index in [1.165, 1.54) is 17.4 Å². The number of benzene rings is 2. The number of nitrogens with one attached hydrogen (secondary N) is 1. The van der Waals surface area contributed by atoms with Gasteiger partial charge in [0.1, 0.15) is 5.82 Å². The summed E-state index contributed by atoms with van der Waals surface area (Å²) in [4.78, 5) is 25.9. The van der Waals surface area contributed by atoms with Crippen molar-refractivity contribution in [2.45, 2.75) is 20.4 Å². The van der Waals surface area contributed by atoms with Crippen molar-refractivity contribution in [2.24, 2.45) is 0 Å². The van der Waals surface area contributed by atoms with Gasteiger partial charge in [0, 0.05) is 22.3 Å². The van der Waals surface area contributed by atoms with Crippen LogP contribution in [0, 0.1) is 12.7 Å². The van der Waals surface area contributed by atoms with Gasteiger partial charge in [-0.1, -0.05) is 24.3 Å². The monoisotopic (exact) mass is 380 g/mol. The smallest absolute Gasteiger partial charge is 0.265 e. The van der Waals surface area contributed by atoms with Crippen molar-refractivity contribution < 1.29 is 9.18 Å². The minimum atomic E-state index is -0.374. The van der Waals surface area contributed by atoms with Crippen LogP contribution in [-0.2, 0) is 6.54 Å². The quantitative estimate of drug-likeness (QED) is 0.548. The Morgan fingerprint density at radius 1 is 1.15 bits per heavy atom. The van der Waals surface area contributed by atoms with Crippen molar-refractivity contribution in [3.05, 3.63) is 75.1 Å². The van der Waals surface area contributed by atoms with Crippen LogP contribution < -0.4 is 10.9 Å². The number of thiophene rings is 1. The minimum absolute atomic E-state index is 0.108. The van der Waals surface area contributed by atoms with E-state index in [1.54, 1.807) is 29.7 Å². The van der Waals surface area contributed by atoms with Crippen LogP contribution in [0.1, 0.15) is 22.2 Å². The van der Waals surface area contributed by atoms with Crippen molar-refractivity contribution in [3.63, 3.8) is 0 Å². The van der Waals surface area contributed by atoms with Gasteiger partial charge in [-0.05, 0) is 43.7 Å². The highest BCUT2D eigenvalue weighted by Crippen LogP contribution is 2.31. The van der Waals surface area contributed by atoms with Crippen LogP contribution >= 0.6 is 11.3 Å². The highest BCUT2D eigenvalue weighted by atomic mass is 32.1. The van der Waals surface area contributed by atoms with Crippen molar-refractivity contribution in [1.82, 2.24) is 4.57 Å². The molecule has 0 saturated carbocycles. The number of hydrogen-bond acceptors (Lipinski definition) is 3. The maximum atomic E-state index is 13.7. The van der Waals surface area contributed by atoms with E-state index in [-0.39, 0.29) is 17.3 Å². The average molecular weight is 380 g/mol. The van der Waals surface area contributed by atoms with Crippen LogP contribution in [0.3, 0.4) is 0 Å². The lowest BCUT2D eigenvalue weighted by Gasteiger charge is -2.08. The van der Waals surface area contributed by atoms with Crippen LogP contribution in [0.2, 0.25) is 0 Å². The number of amides is 1. The second-order valence-corrected chi connectivity index (χ2v) is 7.39. The van der Waals surface area contributed by atoms with Crippen LogP contribution in [0.5, 0.6) is 0 Å². The van der Waals surface area contributed by atoms with Gasteiger partial charge in [-0.2, -0.15) is 0 Å². The molecule has 0 aliphatic heterocycles. The lowest BCUT2D eigenvalue weighted by atomic mass is 10.1. The molecule has 0 aliphatic carbocycles. The fourth-order valence-corrected chi connectivity index (χ4v) is 4.27. The number of aromatic nitrogens is 1. The number of carbonyl (C=O) groups is 1. The summed E-state index contributed by atoms with van der Waals surface area (Å²) < 4.78 is 16.2. The fraction of sp³-hybridized carbons (Fsp3) is 0.143. The third-order valence-corrected chi connectivity index (χ3v) is 5.78. The minimum Gasteiger partial charge on any atom is -0.321 e. The molecule has 0 aliphatic rings. The molecule has 2 aromatic carbocycles. The van der Waals surface area contributed by atoms with Crippen LogP contribution in [0.15, 0.2) is 53.3 Å². The zero-order valence-electron chi connectivity index (χ0n) is 14.9. The molecule has 4 aromatic rings. The summed E-state index contributed by atoms with van der Waals surface area (Å²) in [6, 6.07) is 13.9. The third-order valence-electron chi connectivity index (χ3n) is 4.62. The Morgan fingerprint density at radius 2 is 1.93 bits per heavy atom. The molecule has 0 saturated heterocycles. The largest absolute Gasteiger partial charge is 0.321 e. The Morgan fingerprint density at radius 3 is 2.67 bits per heavy atom. The standard InChI is InChI=1S/C21H17FN2O2S/c1-3-24-17-7-5-4-6-14(17)19-15(21(24)26)11-18(27-19)20(25)23-13-9-8-12(2)16(22)10-13/h4-11H,3H2,1-2H3,(H,23,25). The summed E-state index contributed by atoms with van der Waals surface area (Å²) in [5, 5.41) is 4.18. The Labute approximate surface area is 158 Å². The molecule has 2 heterocycles. The summed E-state index contributed by atoms with van der Waals surface area (Å²) in [6.07, 6.45) is 0. The van der Waals surface area contributed by atoms with E-state index in [2.05, 4.69) is 5.32 Å². The molecular weight excluding hydrogens is 363 g/mol. The van der Waals surface area contributed by atoms with Gasteiger partial charge in [0.25, 0.3) is 11.5 Å². The second-order valence-electron chi connectivity index (χ2n) is 6.34. The third kappa shape index (κ3) is 2.92. The van der Waals surface area contributed by atoms with E-state index >= 15 is 0 Å². The molecule has 2 aromatic heterocycles. The molecule has 0 atom stereocenters. The molecule has 6 heteroatoms. The van der Waals surface area contributed by atoms with Crippen LogP contribution in [0.4, 0.5) is 10.1 Å². The Balaban J connectivity index is 1.82. The summed E-state index contributed by atoms with van der Waals surface area (Å²) in [7, 11) is 0. The molecule has 0 spiro atoms. The summed E-state index contributed by atoms with van der Waals surface area (Å²) in [6.45, 7) is 4.14. The van der Waals surface area contributed by atoms with Gasteiger partial charge < -0.3 is 9.88 Å². The predicted octanol–water partition coefficient (Wildman–Crippen LogP) is 4.94. The van der Waals surface area contributed by atoms with Gasteiger partial charge in [0.15, 0.2) is 0 Å². The van der Waals surface area contributed by atoms with Crippen LogP contribution in [0.25, 0.3) is 21.0 Å². The Kier molecular flexibility index (Phi) is 4.28. The molecular formula is C21H17FN2O2S. The number of halogens is 1. The topological polar surface area (TPSA) is 51.1 Å². The van der Waals surface area contributed by atoms with Gasteiger partial charge in [0.05, 0.1) is 15.8 Å². The molecule has 0 fully saturated rings. The molecule has 27 heavy (non-hydrogen) atoms. The molecule has 4 rings (SSSR count). The van der Waals surface area contributed by atoms with Crippen molar-refractivity contribution >= 4 is 43.9 Å². The maximum absolute atomic E-state index is 13.7. The number of pyridine rings is 1. The summed E-state index contributed by atoms with van der Waals surface area (Å²) in [5.74, 6) is -0.730. The van der Waals surface area contributed by atoms with Gasteiger partial charge in [0.2, 0.25) is 0 Å². The molecule has 0 bridgehead atoms. The van der Waals surface area contributed by atoms with E-state index in [0.29, 0.717) is 28.1 Å². The summed E-state index contributed by atoms with van der Waals surface area (Å²) >= 11 is 1.28. The molecule has 1 N–H and O–H groups in total. The first-order chi connectivity index (χ1) is 13.0. The number of rotatable bonds is 3. The van der Waals surface area contributed by atoms with Gasteiger partial charge in [-0.25, -0.2) is 4.39 Å². The first kappa shape index (κ1) is 17.4. The zero-order chi connectivity index (χ0) is 19.1. The SMILES string of the molecule is CCn1c(=O)c2cc(C(=O)Nc3ccc(C)c(F)c3)sc2c2ccccc21. The maximum Gasteiger partial charge on any atom is 0.265 e. The number of aryl methyl sites for hydroxylation is 2. The normalized spacial score (nSPS) is 11.2. The number of anilines is 1. The molecule has 1 amide bonds. The predicted molar refractivity (Wildman–Crippen MR) is 108 cm³/mol. The Bertz CT molecular complexity index is 1260. The van der Waals surface area contributed by atoms with E-state index in [1.807, 2.05) is 31.2 Å². The van der Waals surface area contributed by atoms with Crippen LogP contribution in [-0.4, -0.2) is 10.5 Å². The number of hydrogen-bond donors (Lipinski definition) is 1. The lowest BCUT2D eigenvalue weighted by molar-refractivity contribution is 0.103. The van der Waals surface area contributed by atoms with E-state index in [0.717, 1.165) is 15.6 Å². The Hall–Kier alpha value is -2.99. The van der Waals surface area contributed by atoms with Gasteiger partial charge >= 0.3 is 0 Å². The molecule has 0 unspecified atom stereocenters. The molecule has 136 valence electrons. The number of fused-ring (bicyclic) bond motifs is 3. The highest BCUT2D eigenvalue weighted by molar-refractivity contribution is 7.21. The highest BCUT2D eigenvalue weighted by Gasteiger charge is 2.17. The number of carbonyl (C=O) groups excluding carboxylic acids is 1. The zero-order valence-corrected chi connectivity index (χ0v) is 15.7. The van der Waals surface area contributed by atoms with Crippen molar-refractivity contribution in [3.8, 4) is 0 Å². The molecule has 4 nitrogen and oxygen atoms in total. The van der Waals surface area contributed by atoms with E-state index < -0.39 is 0 Å². The van der Waals surface area contributed by atoms with Gasteiger partial charge in [-0.15, -0.1) is 11.3 Å². The van der Waals surface area contributed by atoms with E-state index in [4.69, 9.17) is 0 Å². The summed E-state index contributed by atoms with van der Waals surface area (Å²) in [5.41, 5.74) is 1.65. The molecule has 0 radical (unpaired) electrons. The lowest BCUT2D eigenvalue weighted by Crippen LogP contribution is -2.19. The van der Waals surface area contributed by atoms with Crippen molar-refractivity contribution in [1.29, 1.82) is 0 Å². The average Bonchev–Trinajstić information content (AvgIpc) is 3.11. The first-order valence-corrected chi connectivity index (χ1v) is 9.44.